The summed E-state index contributed by atoms with van der Waals surface area (Å²) in [6.07, 6.45) is 1.67. The first-order valence-electron chi connectivity index (χ1n) is 8.60. The van der Waals surface area contributed by atoms with Crippen LogP contribution in [0, 0.1) is 0 Å². The Balaban J connectivity index is 1.93. The second-order valence-corrected chi connectivity index (χ2v) is 6.70. The molecule has 0 aromatic heterocycles. The number of carbonyl (C=O) groups is 3. The molecule has 1 heterocycles. The van der Waals surface area contributed by atoms with Crippen LogP contribution < -0.4 is 4.74 Å². The largest absolute Gasteiger partial charge is 0.493 e. The maximum atomic E-state index is 12.5. The van der Waals surface area contributed by atoms with Gasteiger partial charge in [0.1, 0.15) is 12.3 Å². The smallest absolute Gasteiger partial charge is 0.326 e. The van der Waals surface area contributed by atoms with Crippen molar-refractivity contribution < 1.29 is 23.9 Å². The van der Waals surface area contributed by atoms with Gasteiger partial charge in [-0.1, -0.05) is 30.3 Å². The lowest BCUT2D eigenvalue weighted by molar-refractivity contribution is -0.145. The van der Waals surface area contributed by atoms with Crippen molar-refractivity contribution in [3.8, 4) is 5.75 Å². The standard InChI is InChI=1S/C20H19NO5S/c1-3-25-16-10-9-13(14-7-5-6-8-15(14)16)11-17-19(23)21(20(24)27-17)12-18(22)26-4-2/h5-11H,3-4,12H2,1-2H3/b17-11+. The Bertz CT molecular complexity index is 937. The second kappa shape index (κ2) is 8.26. The molecule has 0 saturated carbocycles. The highest BCUT2D eigenvalue weighted by atomic mass is 32.2. The minimum atomic E-state index is -0.604. The molecule has 27 heavy (non-hydrogen) atoms. The maximum absolute atomic E-state index is 12.5. The Kier molecular flexibility index (Phi) is 5.81. The molecule has 2 aromatic rings. The zero-order valence-electron chi connectivity index (χ0n) is 15.1. The monoisotopic (exact) mass is 385 g/mol. The molecule has 0 radical (unpaired) electrons. The van der Waals surface area contributed by atoms with Crippen molar-refractivity contribution in [3.05, 3.63) is 46.9 Å². The molecule has 1 aliphatic rings. The van der Waals surface area contributed by atoms with E-state index in [1.54, 1.807) is 13.0 Å². The van der Waals surface area contributed by atoms with Crippen LogP contribution in [0.1, 0.15) is 19.4 Å². The van der Waals surface area contributed by atoms with Crippen LogP contribution in [0.3, 0.4) is 0 Å². The van der Waals surface area contributed by atoms with Crippen molar-refractivity contribution in [3.63, 3.8) is 0 Å². The second-order valence-electron chi connectivity index (χ2n) is 5.70. The summed E-state index contributed by atoms with van der Waals surface area (Å²) in [4.78, 5) is 37.5. The Morgan fingerprint density at radius 3 is 2.52 bits per heavy atom. The third-order valence-electron chi connectivity index (χ3n) is 3.97. The van der Waals surface area contributed by atoms with E-state index in [0.717, 1.165) is 38.7 Å². The highest BCUT2D eigenvalue weighted by molar-refractivity contribution is 8.18. The van der Waals surface area contributed by atoms with Crippen molar-refractivity contribution in [2.75, 3.05) is 19.8 Å². The first-order chi connectivity index (χ1) is 13.0. The van der Waals surface area contributed by atoms with E-state index in [2.05, 4.69) is 0 Å². The van der Waals surface area contributed by atoms with Crippen molar-refractivity contribution in [1.82, 2.24) is 4.90 Å². The normalized spacial score (nSPS) is 15.6. The molecule has 0 bridgehead atoms. The zero-order valence-corrected chi connectivity index (χ0v) is 15.9. The molecule has 1 fully saturated rings. The third kappa shape index (κ3) is 3.98. The molecule has 2 aromatic carbocycles. The number of nitrogens with zero attached hydrogens (tertiary/aromatic N) is 1. The first-order valence-corrected chi connectivity index (χ1v) is 9.42. The van der Waals surface area contributed by atoms with Crippen LogP contribution >= 0.6 is 11.8 Å². The topological polar surface area (TPSA) is 72.9 Å². The molecule has 0 spiro atoms. The predicted octanol–water partition coefficient (Wildman–Crippen LogP) is 3.84. The summed E-state index contributed by atoms with van der Waals surface area (Å²) in [7, 11) is 0. The quantitative estimate of drug-likeness (QED) is 0.556. The average Bonchev–Trinajstić information content (AvgIpc) is 2.91. The fourth-order valence-electron chi connectivity index (χ4n) is 2.82. The highest BCUT2D eigenvalue weighted by Crippen LogP contribution is 2.35. The average molecular weight is 385 g/mol. The molecule has 1 aliphatic heterocycles. The summed E-state index contributed by atoms with van der Waals surface area (Å²) < 4.78 is 10.5. The fourth-order valence-corrected chi connectivity index (χ4v) is 3.64. The fraction of sp³-hybridized carbons (Fsp3) is 0.250. The van der Waals surface area contributed by atoms with Gasteiger partial charge in [-0.2, -0.15) is 0 Å². The lowest BCUT2D eigenvalue weighted by Gasteiger charge is -2.11. The Morgan fingerprint density at radius 1 is 1.07 bits per heavy atom. The number of esters is 1. The minimum Gasteiger partial charge on any atom is -0.493 e. The van der Waals surface area contributed by atoms with E-state index < -0.39 is 17.1 Å². The Hall–Kier alpha value is -2.80. The number of amides is 2. The summed E-state index contributed by atoms with van der Waals surface area (Å²) in [5.74, 6) is -0.329. The summed E-state index contributed by atoms with van der Waals surface area (Å²) >= 11 is 0.819. The van der Waals surface area contributed by atoms with Crippen LogP contribution in [0.2, 0.25) is 0 Å². The van der Waals surface area contributed by atoms with Gasteiger partial charge in [-0.25, -0.2) is 0 Å². The summed E-state index contributed by atoms with van der Waals surface area (Å²) in [6.45, 7) is 3.96. The number of rotatable bonds is 6. The van der Waals surface area contributed by atoms with Crippen molar-refractivity contribution in [2.24, 2.45) is 0 Å². The van der Waals surface area contributed by atoms with Crippen LogP contribution in [0.25, 0.3) is 16.8 Å². The SMILES string of the molecule is CCOC(=O)CN1C(=O)S/C(=C/c2ccc(OCC)c3ccccc23)C1=O. The lowest BCUT2D eigenvalue weighted by atomic mass is 10.0. The number of benzene rings is 2. The van der Waals surface area contributed by atoms with Gasteiger partial charge in [0.25, 0.3) is 11.1 Å². The van der Waals surface area contributed by atoms with E-state index in [0.29, 0.717) is 6.61 Å². The number of hydrogen-bond acceptors (Lipinski definition) is 6. The predicted molar refractivity (Wildman–Crippen MR) is 104 cm³/mol. The van der Waals surface area contributed by atoms with Gasteiger partial charge in [0.05, 0.1) is 18.1 Å². The summed E-state index contributed by atoms with van der Waals surface area (Å²) in [6, 6.07) is 11.4. The van der Waals surface area contributed by atoms with Gasteiger partial charge < -0.3 is 9.47 Å². The van der Waals surface area contributed by atoms with Crippen LogP contribution in [0.4, 0.5) is 4.79 Å². The zero-order chi connectivity index (χ0) is 19.4. The third-order valence-corrected chi connectivity index (χ3v) is 4.88. The van der Waals surface area contributed by atoms with Gasteiger partial charge in [0, 0.05) is 5.39 Å². The first kappa shape index (κ1) is 19.0. The molecule has 7 heteroatoms. The number of ether oxygens (including phenoxy) is 2. The van der Waals surface area contributed by atoms with Crippen LogP contribution in [0.5, 0.6) is 5.75 Å². The maximum Gasteiger partial charge on any atom is 0.326 e. The molecule has 6 nitrogen and oxygen atoms in total. The van der Waals surface area contributed by atoms with Crippen molar-refractivity contribution in [1.29, 1.82) is 0 Å². The van der Waals surface area contributed by atoms with Crippen molar-refractivity contribution in [2.45, 2.75) is 13.8 Å². The molecule has 0 N–H and O–H groups in total. The Labute approximate surface area is 161 Å². The van der Waals surface area contributed by atoms with Gasteiger partial charge in [0.15, 0.2) is 0 Å². The van der Waals surface area contributed by atoms with E-state index in [1.807, 2.05) is 43.3 Å². The number of imide groups is 1. The Morgan fingerprint density at radius 2 is 1.81 bits per heavy atom. The van der Waals surface area contributed by atoms with E-state index in [9.17, 15) is 14.4 Å². The van der Waals surface area contributed by atoms with Gasteiger partial charge in [-0.3, -0.25) is 19.3 Å². The molecule has 3 rings (SSSR count). The van der Waals surface area contributed by atoms with E-state index in [1.165, 1.54) is 0 Å². The molecule has 0 unspecified atom stereocenters. The summed E-state index contributed by atoms with van der Waals surface area (Å²) in [5.41, 5.74) is 0.802. The lowest BCUT2D eigenvalue weighted by Crippen LogP contribution is -2.34. The minimum absolute atomic E-state index is 0.197. The molecular formula is C20H19NO5S. The molecule has 0 aliphatic carbocycles. The van der Waals surface area contributed by atoms with Gasteiger partial charge in [-0.05, 0) is 48.7 Å². The molecule has 0 atom stereocenters. The molecular weight excluding hydrogens is 366 g/mol. The van der Waals surface area contributed by atoms with Crippen molar-refractivity contribution >= 4 is 45.7 Å². The number of hydrogen-bond donors (Lipinski definition) is 0. The van der Waals surface area contributed by atoms with E-state index >= 15 is 0 Å². The van der Waals surface area contributed by atoms with Gasteiger partial charge in [0.2, 0.25) is 0 Å². The van der Waals surface area contributed by atoms with Crippen LogP contribution in [0.15, 0.2) is 41.3 Å². The van der Waals surface area contributed by atoms with E-state index in [-0.39, 0.29) is 18.1 Å². The molecule has 140 valence electrons. The number of carbonyl (C=O) groups excluding carboxylic acids is 3. The molecule has 2 amide bonds. The number of thioether (sulfide) groups is 1. The van der Waals surface area contributed by atoms with Gasteiger partial charge in [-0.15, -0.1) is 0 Å². The molecule has 1 saturated heterocycles. The van der Waals surface area contributed by atoms with Crippen LogP contribution in [-0.2, 0) is 14.3 Å². The highest BCUT2D eigenvalue weighted by Gasteiger charge is 2.36. The summed E-state index contributed by atoms with van der Waals surface area (Å²) in [5, 5.41) is 1.37. The number of fused-ring (bicyclic) bond motifs is 1. The van der Waals surface area contributed by atoms with E-state index in [4.69, 9.17) is 9.47 Å². The van der Waals surface area contributed by atoms with Gasteiger partial charge >= 0.3 is 5.97 Å². The van der Waals surface area contributed by atoms with Crippen LogP contribution in [-0.4, -0.2) is 41.8 Å².